The van der Waals surface area contributed by atoms with Crippen LogP contribution in [-0.4, -0.2) is 62.9 Å². The van der Waals surface area contributed by atoms with Crippen LogP contribution in [0.15, 0.2) is 0 Å². The van der Waals surface area contributed by atoms with Gasteiger partial charge in [-0.15, -0.1) is 0 Å². The largest absolute Gasteiger partial charge is 0.392 e. The van der Waals surface area contributed by atoms with Gasteiger partial charge < -0.3 is 10.5 Å². The summed E-state index contributed by atoms with van der Waals surface area (Å²) in [6.45, 7) is 6.10. The number of sulfonamides is 1. The van der Waals surface area contributed by atoms with Crippen molar-refractivity contribution in [3.8, 4) is 0 Å². The molecule has 0 saturated carbocycles. The Balaban J connectivity index is 2.22. The Bertz CT molecular complexity index is 367. The summed E-state index contributed by atoms with van der Waals surface area (Å²) >= 11 is 4.68. The van der Waals surface area contributed by atoms with E-state index in [1.54, 1.807) is 0 Å². The number of nitrogens with two attached hydrogens (primary N) is 1. The quantitative estimate of drug-likeness (QED) is 0.477. The summed E-state index contributed by atoms with van der Waals surface area (Å²) in [5.41, 5.74) is 5.33. The molecule has 18 heavy (non-hydrogen) atoms. The Kier molecular flexibility index (Phi) is 6.44. The summed E-state index contributed by atoms with van der Waals surface area (Å²) in [7, 11) is -3.42. The SMILES string of the molecule is CC(C(N)=S)S(=O)(=O)NCCCN1CCOCC1. The number of nitrogens with one attached hydrogen (secondary N) is 1. The molecule has 0 aliphatic carbocycles. The van der Waals surface area contributed by atoms with Gasteiger partial charge in [0.1, 0.15) is 5.25 Å². The lowest BCUT2D eigenvalue weighted by molar-refractivity contribution is 0.0376. The molecule has 1 unspecified atom stereocenters. The average Bonchev–Trinajstić information content (AvgIpc) is 2.35. The maximum atomic E-state index is 11.7. The Labute approximate surface area is 114 Å². The molecule has 1 saturated heterocycles. The first kappa shape index (κ1) is 15.8. The molecule has 1 aliphatic heterocycles. The molecule has 1 atom stereocenters. The molecular weight excluding hydrogens is 274 g/mol. The van der Waals surface area contributed by atoms with Crippen LogP contribution in [0.3, 0.4) is 0 Å². The van der Waals surface area contributed by atoms with Crippen LogP contribution in [0, 0.1) is 0 Å². The maximum absolute atomic E-state index is 11.7. The van der Waals surface area contributed by atoms with E-state index >= 15 is 0 Å². The summed E-state index contributed by atoms with van der Waals surface area (Å²) in [5, 5.41) is -0.823. The third-order valence-electron chi connectivity index (χ3n) is 2.92. The number of ether oxygens (including phenoxy) is 1. The Morgan fingerprint density at radius 3 is 2.67 bits per heavy atom. The van der Waals surface area contributed by atoms with Gasteiger partial charge in [-0.25, -0.2) is 13.1 Å². The third-order valence-corrected chi connectivity index (χ3v) is 5.22. The highest BCUT2D eigenvalue weighted by atomic mass is 32.2. The van der Waals surface area contributed by atoms with E-state index < -0.39 is 15.3 Å². The van der Waals surface area contributed by atoms with Crippen LogP contribution in [0.25, 0.3) is 0 Å². The van der Waals surface area contributed by atoms with Gasteiger partial charge in [-0.3, -0.25) is 4.90 Å². The van der Waals surface area contributed by atoms with Gasteiger partial charge in [0.15, 0.2) is 0 Å². The molecule has 8 heteroatoms. The predicted molar refractivity (Wildman–Crippen MR) is 75.0 cm³/mol. The monoisotopic (exact) mass is 295 g/mol. The molecule has 3 N–H and O–H groups in total. The summed E-state index contributed by atoms with van der Waals surface area (Å²) in [6.07, 6.45) is 0.767. The molecule has 1 heterocycles. The summed E-state index contributed by atoms with van der Waals surface area (Å²) < 4.78 is 31.2. The van der Waals surface area contributed by atoms with Crippen LogP contribution in [0.5, 0.6) is 0 Å². The van der Waals surface area contributed by atoms with Gasteiger partial charge in [0.25, 0.3) is 0 Å². The highest BCUT2D eigenvalue weighted by molar-refractivity contribution is 7.93. The number of hydrogen-bond donors (Lipinski definition) is 2. The fourth-order valence-corrected chi connectivity index (χ4v) is 2.98. The fourth-order valence-electron chi connectivity index (χ4n) is 1.62. The smallest absolute Gasteiger partial charge is 0.220 e. The predicted octanol–water partition coefficient (Wildman–Crippen LogP) is -0.697. The van der Waals surface area contributed by atoms with Gasteiger partial charge in [0, 0.05) is 19.6 Å². The van der Waals surface area contributed by atoms with Crippen molar-refractivity contribution in [2.24, 2.45) is 5.73 Å². The van der Waals surface area contributed by atoms with E-state index in [-0.39, 0.29) is 4.99 Å². The Morgan fingerprint density at radius 2 is 2.11 bits per heavy atom. The highest BCUT2D eigenvalue weighted by Gasteiger charge is 2.22. The van der Waals surface area contributed by atoms with Crippen molar-refractivity contribution >= 4 is 27.2 Å². The second-order valence-corrected chi connectivity index (χ2v) is 6.85. The van der Waals surface area contributed by atoms with Crippen LogP contribution in [0.1, 0.15) is 13.3 Å². The lowest BCUT2D eigenvalue weighted by Crippen LogP contribution is -2.42. The van der Waals surface area contributed by atoms with Gasteiger partial charge >= 0.3 is 0 Å². The number of nitrogens with zero attached hydrogens (tertiary/aromatic N) is 1. The molecule has 0 aromatic heterocycles. The topological polar surface area (TPSA) is 84.7 Å². The number of thiocarbonyl (C=S) groups is 1. The molecule has 0 aromatic rings. The molecule has 0 spiro atoms. The van der Waals surface area contributed by atoms with E-state index in [0.717, 1.165) is 39.3 Å². The Morgan fingerprint density at radius 1 is 1.50 bits per heavy atom. The van der Waals surface area contributed by atoms with E-state index in [9.17, 15) is 8.42 Å². The van der Waals surface area contributed by atoms with Crippen molar-refractivity contribution in [3.05, 3.63) is 0 Å². The number of hydrogen-bond acceptors (Lipinski definition) is 5. The van der Waals surface area contributed by atoms with Crippen LogP contribution >= 0.6 is 12.2 Å². The molecule has 1 aliphatic rings. The van der Waals surface area contributed by atoms with E-state index in [2.05, 4.69) is 21.8 Å². The van der Waals surface area contributed by atoms with Gasteiger partial charge in [-0.05, 0) is 19.9 Å². The van der Waals surface area contributed by atoms with Crippen LogP contribution < -0.4 is 10.5 Å². The first-order valence-corrected chi connectivity index (χ1v) is 7.97. The van der Waals surface area contributed by atoms with Crippen LogP contribution in [0.2, 0.25) is 0 Å². The second kappa shape index (κ2) is 7.34. The molecule has 0 radical (unpaired) electrons. The van der Waals surface area contributed by atoms with Crippen molar-refractivity contribution in [1.82, 2.24) is 9.62 Å². The number of morpholine rings is 1. The zero-order valence-electron chi connectivity index (χ0n) is 10.6. The zero-order valence-corrected chi connectivity index (χ0v) is 12.2. The maximum Gasteiger partial charge on any atom is 0.220 e. The molecular formula is C10H21N3O3S2. The normalized spacial score (nSPS) is 19.6. The number of rotatable bonds is 7. The van der Waals surface area contributed by atoms with E-state index in [1.807, 2.05) is 0 Å². The first-order chi connectivity index (χ1) is 8.43. The summed E-state index contributed by atoms with van der Waals surface area (Å²) in [4.78, 5) is 2.25. The average molecular weight is 295 g/mol. The zero-order chi connectivity index (χ0) is 13.6. The standard InChI is InChI=1S/C10H21N3O3S2/c1-9(10(11)17)18(14,15)12-3-2-4-13-5-7-16-8-6-13/h9,12H,2-8H2,1H3,(H2,11,17). The van der Waals surface area contributed by atoms with Crippen molar-refractivity contribution in [3.63, 3.8) is 0 Å². The lowest BCUT2D eigenvalue weighted by Gasteiger charge is -2.26. The summed E-state index contributed by atoms with van der Waals surface area (Å²) in [5.74, 6) is 0. The highest BCUT2D eigenvalue weighted by Crippen LogP contribution is 2.00. The van der Waals surface area contributed by atoms with Gasteiger partial charge in [0.2, 0.25) is 10.0 Å². The van der Waals surface area contributed by atoms with Crippen LogP contribution in [-0.2, 0) is 14.8 Å². The van der Waals surface area contributed by atoms with Crippen molar-refractivity contribution in [2.75, 3.05) is 39.4 Å². The molecule has 1 fully saturated rings. The fraction of sp³-hybridized carbons (Fsp3) is 0.900. The minimum absolute atomic E-state index is 0.00400. The van der Waals surface area contributed by atoms with E-state index in [0.29, 0.717) is 6.54 Å². The van der Waals surface area contributed by atoms with Gasteiger partial charge in [0.05, 0.1) is 18.2 Å². The van der Waals surface area contributed by atoms with Crippen molar-refractivity contribution < 1.29 is 13.2 Å². The van der Waals surface area contributed by atoms with E-state index in [1.165, 1.54) is 6.92 Å². The molecule has 106 valence electrons. The Hall–Kier alpha value is -0.280. The van der Waals surface area contributed by atoms with Crippen molar-refractivity contribution in [2.45, 2.75) is 18.6 Å². The molecule has 0 amide bonds. The molecule has 6 nitrogen and oxygen atoms in total. The third kappa shape index (κ3) is 5.15. The molecule has 0 aromatic carbocycles. The van der Waals surface area contributed by atoms with Gasteiger partial charge in [-0.2, -0.15) is 0 Å². The first-order valence-electron chi connectivity index (χ1n) is 6.01. The molecule has 1 rings (SSSR count). The van der Waals surface area contributed by atoms with Crippen molar-refractivity contribution in [1.29, 1.82) is 0 Å². The minimum atomic E-state index is -3.42. The van der Waals surface area contributed by atoms with E-state index in [4.69, 9.17) is 10.5 Å². The van der Waals surface area contributed by atoms with Crippen LogP contribution in [0.4, 0.5) is 0 Å². The lowest BCUT2D eigenvalue weighted by atomic mass is 10.3. The second-order valence-electron chi connectivity index (χ2n) is 4.29. The minimum Gasteiger partial charge on any atom is -0.392 e. The molecule has 0 bridgehead atoms. The van der Waals surface area contributed by atoms with Gasteiger partial charge in [-0.1, -0.05) is 12.2 Å². The summed E-state index contributed by atoms with van der Waals surface area (Å²) in [6, 6.07) is 0.